The van der Waals surface area contributed by atoms with Crippen LogP contribution in [0.15, 0.2) is 6.07 Å². The van der Waals surface area contributed by atoms with Crippen LogP contribution in [-0.4, -0.2) is 19.8 Å². The van der Waals surface area contributed by atoms with Gasteiger partial charge in [0.1, 0.15) is 16.5 Å². The standard InChI is InChI=1S/C11H10N4O6/c1-5-3-8-9(10(6(5)2)14(18)19)7(4-13(16)17)11(12-8)15(20)21/h3,12H,4H2,1-2H3. The molecule has 2 rings (SSSR count). The van der Waals surface area contributed by atoms with Gasteiger partial charge in [-0.25, -0.2) is 4.98 Å². The first-order chi connectivity index (χ1) is 9.73. The maximum Gasteiger partial charge on any atom is 0.332 e. The maximum atomic E-state index is 11.3. The van der Waals surface area contributed by atoms with E-state index in [1.54, 1.807) is 6.92 Å². The number of nitro groups is 3. The molecule has 0 aliphatic rings. The van der Waals surface area contributed by atoms with E-state index in [0.29, 0.717) is 11.1 Å². The second-order valence-electron chi connectivity index (χ2n) is 4.55. The van der Waals surface area contributed by atoms with Crippen LogP contribution in [0.5, 0.6) is 0 Å². The van der Waals surface area contributed by atoms with Crippen LogP contribution in [0.1, 0.15) is 16.7 Å². The summed E-state index contributed by atoms with van der Waals surface area (Å²) >= 11 is 0. The average Bonchev–Trinajstić information content (AvgIpc) is 2.68. The molecule has 0 amide bonds. The monoisotopic (exact) mass is 294 g/mol. The number of nitro benzene ring substituents is 1. The summed E-state index contributed by atoms with van der Waals surface area (Å²) in [5, 5.41) is 32.9. The van der Waals surface area contributed by atoms with Crippen LogP contribution in [0.25, 0.3) is 10.9 Å². The summed E-state index contributed by atoms with van der Waals surface area (Å²) in [6, 6.07) is 1.51. The fourth-order valence-electron chi connectivity index (χ4n) is 2.29. The van der Waals surface area contributed by atoms with Crippen LogP contribution in [0.4, 0.5) is 11.5 Å². The van der Waals surface area contributed by atoms with Gasteiger partial charge in [-0.3, -0.25) is 20.2 Å². The van der Waals surface area contributed by atoms with Crippen LogP contribution >= 0.6 is 0 Å². The molecule has 0 radical (unpaired) electrons. The highest BCUT2D eigenvalue weighted by atomic mass is 16.6. The Bertz CT molecular complexity index is 794. The van der Waals surface area contributed by atoms with Crippen molar-refractivity contribution in [3.8, 4) is 0 Å². The van der Waals surface area contributed by atoms with Crippen LogP contribution in [0.2, 0.25) is 0 Å². The Labute approximate surface area is 116 Å². The number of nitrogens with one attached hydrogen (secondary N) is 1. The molecule has 0 saturated carbocycles. The van der Waals surface area contributed by atoms with E-state index in [1.165, 1.54) is 13.0 Å². The van der Waals surface area contributed by atoms with Gasteiger partial charge >= 0.3 is 5.82 Å². The topological polar surface area (TPSA) is 145 Å². The molecule has 1 N–H and O–H groups in total. The molecule has 0 fully saturated rings. The van der Waals surface area contributed by atoms with Crippen molar-refractivity contribution >= 4 is 22.4 Å². The Morgan fingerprint density at radius 3 is 2.19 bits per heavy atom. The third kappa shape index (κ3) is 2.26. The summed E-state index contributed by atoms with van der Waals surface area (Å²) in [7, 11) is 0. The molecule has 0 spiro atoms. The highest BCUT2D eigenvalue weighted by Gasteiger charge is 2.32. The quantitative estimate of drug-likeness (QED) is 0.676. The predicted molar refractivity (Wildman–Crippen MR) is 71.8 cm³/mol. The van der Waals surface area contributed by atoms with E-state index in [0.717, 1.165) is 0 Å². The van der Waals surface area contributed by atoms with E-state index < -0.39 is 27.1 Å². The first-order valence-corrected chi connectivity index (χ1v) is 5.79. The van der Waals surface area contributed by atoms with Crippen molar-refractivity contribution in [2.24, 2.45) is 0 Å². The summed E-state index contributed by atoms with van der Waals surface area (Å²) in [6.45, 7) is 2.27. The Balaban J connectivity index is 2.98. The lowest BCUT2D eigenvalue weighted by atomic mass is 10.0. The van der Waals surface area contributed by atoms with Crippen molar-refractivity contribution in [3.63, 3.8) is 0 Å². The van der Waals surface area contributed by atoms with Gasteiger partial charge in [0.2, 0.25) is 6.54 Å². The number of aryl methyl sites for hydroxylation is 1. The molecule has 2 aromatic rings. The van der Waals surface area contributed by atoms with Gasteiger partial charge in [0.25, 0.3) is 5.69 Å². The van der Waals surface area contributed by atoms with Gasteiger partial charge in [0, 0.05) is 10.5 Å². The van der Waals surface area contributed by atoms with Crippen molar-refractivity contribution in [2.75, 3.05) is 0 Å². The van der Waals surface area contributed by atoms with E-state index in [-0.39, 0.29) is 22.2 Å². The van der Waals surface area contributed by atoms with E-state index in [1.807, 2.05) is 0 Å². The molecule has 0 aliphatic carbocycles. The molecule has 0 bridgehead atoms. The first-order valence-electron chi connectivity index (χ1n) is 5.79. The third-order valence-corrected chi connectivity index (χ3v) is 3.31. The summed E-state index contributed by atoms with van der Waals surface area (Å²) in [5.74, 6) is -0.588. The zero-order valence-electron chi connectivity index (χ0n) is 11.1. The van der Waals surface area contributed by atoms with Crippen molar-refractivity contribution in [2.45, 2.75) is 20.4 Å². The number of fused-ring (bicyclic) bond motifs is 1. The van der Waals surface area contributed by atoms with Crippen molar-refractivity contribution in [3.05, 3.63) is 53.1 Å². The molecule has 0 saturated heterocycles. The number of hydrogen-bond acceptors (Lipinski definition) is 6. The van der Waals surface area contributed by atoms with Crippen LogP contribution in [-0.2, 0) is 6.54 Å². The van der Waals surface area contributed by atoms with Gasteiger partial charge in [-0.1, -0.05) is 0 Å². The van der Waals surface area contributed by atoms with E-state index in [9.17, 15) is 30.3 Å². The van der Waals surface area contributed by atoms with Crippen molar-refractivity contribution < 1.29 is 14.8 Å². The second kappa shape index (κ2) is 4.81. The van der Waals surface area contributed by atoms with Gasteiger partial charge in [-0.15, -0.1) is 0 Å². The summed E-state index contributed by atoms with van der Waals surface area (Å²) in [6.07, 6.45) is 0. The largest absolute Gasteiger partial charge is 0.358 e. The molecule has 1 aromatic carbocycles. The van der Waals surface area contributed by atoms with Gasteiger partial charge < -0.3 is 10.1 Å². The molecule has 0 atom stereocenters. The highest BCUT2D eigenvalue weighted by molar-refractivity contribution is 5.96. The first kappa shape index (κ1) is 14.4. The molecule has 110 valence electrons. The number of nitrogens with zero attached hydrogens (tertiary/aromatic N) is 3. The molecule has 1 heterocycles. The minimum absolute atomic E-state index is 0.0773. The smallest absolute Gasteiger partial charge is 0.332 e. The van der Waals surface area contributed by atoms with Crippen molar-refractivity contribution in [1.29, 1.82) is 0 Å². The van der Waals surface area contributed by atoms with E-state index in [4.69, 9.17) is 0 Å². The van der Waals surface area contributed by atoms with E-state index >= 15 is 0 Å². The minimum Gasteiger partial charge on any atom is -0.358 e. The predicted octanol–water partition coefficient (Wildman–Crippen LogP) is 2.38. The van der Waals surface area contributed by atoms with Crippen LogP contribution in [0.3, 0.4) is 0 Å². The summed E-state index contributed by atoms with van der Waals surface area (Å²) in [4.78, 5) is 33.2. The van der Waals surface area contributed by atoms with Gasteiger partial charge in [-0.05, 0) is 30.4 Å². The normalized spacial score (nSPS) is 10.8. The molecule has 1 aromatic heterocycles. The van der Waals surface area contributed by atoms with Gasteiger partial charge in [0.15, 0.2) is 0 Å². The lowest BCUT2D eigenvalue weighted by Crippen LogP contribution is -2.03. The fraction of sp³-hybridized carbons (Fsp3) is 0.273. The maximum absolute atomic E-state index is 11.3. The summed E-state index contributed by atoms with van der Waals surface area (Å²) < 4.78 is 0. The third-order valence-electron chi connectivity index (χ3n) is 3.31. The fourth-order valence-corrected chi connectivity index (χ4v) is 2.29. The molecule has 21 heavy (non-hydrogen) atoms. The molecule has 10 nitrogen and oxygen atoms in total. The Morgan fingerprint density at radius 2 is 1.71 bits per heavy atom. The minimum atomic E-state index is -0.861. The van der Waals surface area contributed by atoms with Crippen LogP contribution in [0, 0.1) is 44.2 Å². The number of rotatable bonds is 4. The number of hydrogen-bond donors (Lipinski definition) is 1. The van der Waals surface area contributed by atoms with Gasteiger partial charge in [0.05, 0.1) is 4.92 Å². The average molecular weight is 294 g/mol. The lowest BCUT2D eigenvalue weighted by molar-refractivity contribution is -0.498. The molecular formula is C11H10N4O6. The van der Waals surface area contributed by atoms with Gasteiger partial charge in [-0.2, -0.15) is 0 Å². The molecule has 0 unspecified atom stereocenters. The zero-order chi connectivity index (χ0) is 15.9. The SMILES string of the molecule is Cc1cc2[nH]c([N+](=O)[O-])c(C[N+](=O)[O-])c2c([N+](=O)[O-])c1C. The Hall–Kier alpha value is -3.04. The van der Waals surface area contributed by atoms with Crippen molar-refractivity contribution in [1.82, 2.24) is 4.98 Å². The number of aromatic nitrogens is 1. The lowest BCUT2D eigenvalue weighted by Gasteiger charge is -2.02. The summed E-state index contributed by atoms with van der Waals surface area (Å²) in [5.41, 5.74) is 0.415. The zero-order valence-corrected chi connectivity index (χ0v) is 11.1. The number of aromatic amines is 1. The van der Waals surface area contributed by atoms with E-state index in [2.05, 4.69) is 4.98 Å². The molecular weight excluding hydrogens is 284 g/mol. The number of H-pyrrole nitrogens is 1. The molecule has 0 aliphatic heterocycles. The second-order valence-corrected chi connectivity index (χ2v) is 4.55. The Morgan fingerprint density at radius 1 is 1.10 bits per heavy atom. The number of benzene rings is 1. The highest BCUT2D eigenvalue weighted by Crippen LogP contribution is 2.38. The Kier molecular flexibility index (Phi) is 3.29. The molecule has 10 heteroatoms. The van der Waals surface area contributed by atoms with Crippen LogP contribution < -0.4 is 0 Å².